The van der Waals surface area contributed by atoms with Gasteiger partial charge in [0.05, 0.1) is 23.3 Å². The summed E-state index contributed by atoms with van der Waals surface area (Å²) in [6, 6.07) is 41.7. The van der Waals surface area contributed by atoms with E-state index in [9.17, 15) is 0 Å². The smallest absolute Gasteiger partial charge is 0.0632 e. The molecule has 0 radical (unpaired) electrons. The third kappa shape index (κ3) is 4.09. The molecule has 0 atom stereocenters. The van der Waals surface area contributed by atoms with E-state index >= 15 is 0 Å². The molecule has 2 heterocycles. The van der Waals surface area contributed by atoms with Gasteiger partial charge in [-0.1, -0.05) is 91.5 Å². The number of para-hydroxylation sites is 1. The first-order valence-corrected chi connectivity index (χ1v) is 14.5. The Hall–Kier alpha value is -5.67. The molecule has 0 spiro atoms. The Labute approximate surface area is 250 Å². The summed E-state index contributed by atoms with van der Waals surface area (Å²) < 4.78 is 2.42. The van der Waals surface area contributed by atoms with Crippen LogP contribution in [0.4, 0.5) is 11.4 Å². The van der Waals surface area contributed by atoms with Crippen LogP contribution in [0.15, 0.2) is 151 Å². The van der Waals surface area contributed by atoms with Crippen LogP contribution in [0.25, 0.3) is 54.6 Å². The summed E-state index contributed by atoms with van der Waals surface area (Å²) in [6.45, 7) is 8.77. The van der Waals surface area contributed by atoms with Crippen molar-refractivity contribution in [3.05, 3.63) is 157 Å². The molecule has 8 rings (SSSR count). The highest BCUT2D eigenvalue weighted by Crippen LogP contribution is 2.43. The van der Waals surface area contributed by atoms with Gasteiger partial charge in [0.15, 0.2) is 0 Å². The van der Waals surface area contributed by atoms with Crippen LogP contribution in [0.1, 0.15) is 11.1 Å². The maximum absolute atomic E-state index is 4.50. The predicted octanol–water partition coefficient (Wildman–Crippen LogP) is 10.5. The van der Waals surface area contributed by atoms with Crippen LogP contribution in [-0.2, 0) is 6.54 Å². The molecule has 0 bridgehead atoms. The second-order valence-electron chi connectivity index (χ2n) is 11.1. The first kappa shape index (κ1) is 25.1. The van der Waals surface area contributed by atoms with E-state index in [0.29, 0.717) is 6.54 Å². The Morgan fingerprint density at radius 1 is 0.628 bits per heavy atom. The van der Waals surface area contributed by atoms with Gasteiger partial charge in [0.1, 0.15) is 0 Å². The molecule has 1 aromatic heterocycles. The van der Waals surface area contributed by atoms with Crippen molar-refractivity contribution < 1.29 is 0 Å². The lowest BCUT2D eigenvalue weighted by Gasteiger charge is -2.26. The molecule has 3 heteroatoms. The molecular weight excluding hydrogens is 522 g/mol. The Morgan fingerprint density at radius 2 is 1.42 bits per heavy atom. The topological polar surface area (TPSA) is 20.5 Å². The zero-order valence-electron chi connectivity index (χ0n) is 23.7. The summed E-state index contributed by atoms with van der Waals surface area (Å²) in [5.74, 6) is 0. The Balaban J connectivity index is 1.43. The zero-order chi connectivity index (χ0) is 28.9. The van der Waals surface area contributed by atoms with E-state index in [0.717, 1.165) is 39.3 Å². The molecule has 204 valence electrons. The van der Waals surface area contributed by atoms with Gasteiger partial charge in [0, 0.05) is 39.3 Å². The van der Waals surface area contributed by atoms with Gasteiger partial charge in [-0.15, -0.1) is 0 Å². The molecule has 0 amide bonds. The van der Waals surface area contributed by atoms with E-state index < -0.39 is 0 Å². The summed E-state index contributed by atoms with van der Waals surface area (Å²) in [7, 11) is 0. The van der Waals surface area contributed by atoms with Crippen molar-refractivity contribution in [3.8, 4) is 5.69 Å². The molecule has 6 aromatic carbocycles. The summed E-state index contributed by atoms with van der Waals surface area (Å²) in [5, 5.41) is 7.29. The molecule has 3 nitrogen and oxygen atoms in total. The van der Waals surface area contributed by atoms with Crippen LogP contribution in [0.3, 0.4) is 0 Å². The average molecular weight is 552 g/mol. The van der Waals surface area contributed by atoms with E-state index in [-0.39, 0.29) is 0 Å². The predicted molar refractivity (Wildman–Crippen MR) is 185 cm³/mol. The summed E-state index contributed by atoms with van der Waals surface area (Å²) in [5.41, 5.74) is 8.96. The normalized spacial score (nSPS) is 14.6. The molecule has 0 saturated heterocycles. The van der Waals surface area contributed by atoms with Crippen molar-refractivity contribution in [1.29, 1.82) is 0 Å². The van der Waals surface area contributed by atoms with E-state index in [1.165, 1.54) is 37.8 Å². The van der Waals surface area contributed by atoms with E-state index in [1.54, 1.807) is 0 Å². The number of benzene rings is 6. The van der Waals surface area contributed by atoms with Crippen LogP contribution < -0.4 is 4.90 Å². The minimum Gasteiger partial charge on any atom is -0.316 e. The highest BCUT2D eigenvalue weighted by atomic mass is 15.1. The van der Waals surface area contributed by atoms with Gasteiger partial charge in [0.25, 0.3) is 0 Å². The van der Waals surface area contributed by atoms with E-state index in [1.807, 2.05) is 0 Å². The number of aromatic nitrogens is 1. The van der Waals surface area contributed by atoms with Crippen molar-refractivity contribution in [3.63, 3.8) is 0 Å². The lowest BCUT2D eigenvalue weighted by Crippen LogP contribution is -2.11. The second-order valence-corrected chi connectivity index (χ2v) is 11.1. The number of hydrogen-bond acceptors (Lipinski definition) is 2. The van der Waals surface area contributed by atoms with Gasteiger partial charge in [-0.2, -0.15) is 0 Å². The quantitative estimate of drug-likeness (QED) is 0.199. The van der Waals surface area contributed by atoms with Gasteiger partial charge in [0.2, 0.25) is 0 Å². The largest absolute Gasteiger partial charge is 0.316 e. The van der Waals surface area contributed by atoms with Crippen LogP contribution in [0.5, 0.6) is 0 Å². The first-order chi connectivity index (χ1) is 21.2. The number of anilines is 2. The highest BCUT2D eigenvalue weighted by Gasteiger charge is 2.21. The first-order valence-electron chi connectivity index (χ1n) is 14.5. The number of nitrogens with zero attached hydrogens (tertiary/aromatic N) is 3. The molecule has 43 heavy (non-hydrogen) atoms. The Bertz CT molecular complexity index is 2300. The Kier molecular flexibility index (Phi) is 5.83. The molecular formula is C40H29N3. The molecule has 0 unspecified atom stereocenters. The van der Waals surface area contributed by atoms with Gasteiger partial charge in [-0.25, -0.2) is 0 Å². The fourth-order valence-electron chi connectivity index (χ4n) is 6.48. The minimum atomic E-state index is 0.620. The minimum absolute atomic E-state index is 0.620. The molecule has 0 N–H and O–H groups in total. The molecule has 1 aliphatic rings. The van der Waals surface area contributed by atoms with E-state index in [2.05, 4.69) is 167 Å². The molecule has 0 saturated carbocycles. The average Bonchev–Trinajstić information content (AvgIpc) is 3.37. The third-order valence-electron chi connectivity index (χ3n) is 8.49. The summed E-state index contributed by atoms with van der Waals surface area (Å²) in [6.07, 6.45) is 8.40. The van der Waals surface area contributed by atoms with Crippen molar-refractivity contribution in [2.45, 2.75) is 6.54 Å². The fraction of sp³-hybridized carbons (Fsp3) is 0.0250. The molecule has 1 aliphatic heterocycles. The number of aliphatic imine (C=N–C) groups is 1. The maximum atomic E-state index is 4.50. The van der Waals surface area contributed by atoms with Crippen molar-refractivity contribution >= 4 is 67.0 Å². The van der Waals surface area contributed by atoms with Crippen molar-refractivity contribution in [2.75, 3.05) is 4.90 Å². The molecule has 0 fully saturated rings. The Morgan fingerprint density at radius 3 is 2.30 bits per heavy atom. The summed E-state index contributed by atoms with van der Waals surface area (Å²) >= 11 is 0. The van der Waals surface area contributed by atoms with Crippen LogP contribution in [0.2, 0.25) is 0 Å². The third-order valence-corrected chi connectivity index (χ3v) is 8.49. The van der Waals surface area contributed by atoms with Gasteiger partial charge >= 0.3 is 0 Å². The highest BCUT2D eigenvalue weighted by molar-refractivity contribution is 6.20. The number of rotatable bonds is 4. The lowest BCUT2D eigenvalue weighted by molar-refractivity contribution is 1.09. The second kappa shape index (κ2) is 10.0. The maximum Gasteiger partial charge on any atom is 0.0632 e. The fourth-order valence-corrected chi connectivity index (χ4v) is 6.48. The number of allylic oxidation sites excluding steroid dienone is 4. The zero-order valence-corrected chi connectivity index (χ0v) is 23.7. The number of hydrogen-bond donors (Lipinski definition) is 0. The van der Waals surface area contributed by atoms with E-state index in [4.69, 9.17) is 0 Å². The summed E-state index contributed by atoms with van der Waals surface area (Å²) in [4.78, 5) is 6.34. The van der Waals surface area contributed by atoms with Crippen molar-refractivity contribution in [1.82, 2.24) is 4.57 Å². The molecule has 0 aliphatic carbocycles. The van der Waals surface area contributed by atoms with Crippen LogP contribution >= 0.6 is 0 Å². The van der Waals surface area contributed by atoms with Crippen molar-refractivity contribution in [2.24, 2.45) is 4.99 Å². The molecule has 7 aromatic rings. The SMILES string of the molecule is C=NCc1ccc2cc(N3/C=C\C=C/C(=C)c4cc5c6ccc7ccccc7c6n(-c6ccccc6)c5cc43)ccc2c1. The monoisotopic (exact) mass is 551 g/mol. The lowest BCUT2D eigenvalue weighted by atomic mass is 9.98. The van der Waals surface area contributed by atoms with Gasteiger partial charge in [-0.3, -0.25) is 4.99 Å². The standard InChI is InChI=1S/C40H29N3/c1-27-10-8-9-21-42(33-19-17-30-22-28(26-41-2)15-16-31(30)23-33)38-25-39-37(24-36(27)38)35-20-18-29-11-6-7-14-34(29)40(35)43(39)32-12-4-3-5-13-32/h3-25H,1-2,26H2/b10-8-,21-9-. The van der Waals surface area contributed by atoms with Crippen LogP contribution in [0, 0.1) is 0 Å². The van der Waals surface area contributed by atoms with Gasteiger partial charge < -0.3 is 9.47 Å². The van der Waals surface area contributed by atoms with Gasteiger partial charge in [-0.05, 0) is 82.6 Å². The van der Waals surface area contributed by atoms with Crippen LogP contribution in [-0.4, -0.2) is 11.3 Å². The number of fused-ring (bicyclic) bond motifs is 7.